The summed E-state index contributed by atoms with van der Waals surface area (Å²) in [6.07, 6.45) is 4.75. The van der Waals surface area contributed by atoms with Crippen molar-refractivity contribution < 1.29 is 18.7 Å². The number of nitrogens with one attached hydrogen (secondary N) is 3. The van der Waals surface area contributed by atoms with Crippen LogP contribution in [0.4, 0.5) is 27.4 Å². The van der Waals surface area contributed by atoms with E-state index in [4.69, 9.17) is 9.47 Å². The van der Waals surface area contributed by atoms with Gasteiger partial charge < -0.3 is 29.9 Å². The molecule has 1 saturated heterocycles. The van der Waals surface area contributed by atoms with Crippen LogP contribution in [0, 0.1) is 5.82 Å². The number of halogens is 1. The zero-order valence-electron chi connectivity index (χ0n) is 22.6. The number of anilines is 4. The molecule has 40 heavy (non-hydrogen) atoms. The quantitative estimate of drug-likeness (QED) is 0.269. The summed E-state index contributed by atoms with van der Waals surface area (Å²) in [6, 6.07) is 10.1. The van der Waals surface area contributed by atoms with Gasteiger partial charge in [-0.15, -0.1) is 0 Å². The molecule has 1 amide bonds. The molecular weight excluding hydrogens is 515 g/mol. The number of amides is 1. The molecule has 0 atom stereocenters. The van der Waals surface area contributed by atoms with Crippen LogP contribution in [0.25, 0.3) is 22.3 Å². The smallest absolute Gasteiger partial charge is 0.248 e. The van der Waals surface area contributed by atoms with Crippen LogP contribution >= 0.6 is 0 Å². The van der Waals surface area contributed by atoms with Crippen LogP contribution in [0.15, 0.2) is 54.7 Å². The van der Waals surface area contributed by atoms with Gasteiger partial charge >= 0.3 is 0 Å². The molecular formula is C28H31FN8O3. The SMILES string of the molecule is COc1ccc(Nc2nc(-c3cc(NC(=O)/C=C/CN(C)C)ccc3F)c3cn[nH]c3n2)cc1N1CCOCC1. The summed E-state index contributed by atoms with van der Waals surface area (Å²) < 4.78 is 26.2. The number of ether oxygens (including phenoxy) is 2. The fourth-order valence-electron chi connectivity index (χ4n) is 4.38. The number of nitrogens with zero attached hydrogens (tertiary/aromatic N) is 5. The number of benzene rings is 2. The second-order valence-corrected chi connectivity index (χ2v) is 9.49. The van der Waals surface area contributed by atoms with Crippen molar-refractivity contribution in [1.82, 2.24) is 25.1 Å². The number of hydrogen-bond donors (Lipinski definition) is 3. The van der Waals surface area contributed by atoms with E-state index in [0.29, 0.717) is 42.2 Å². The summed E-state index contributed by atoms with van der Waals surface area (Å²) in [5, 5.41) is 13.5. The first-order valence-corrected chi connectivity index (χ1v) is 12.8. The van der Waals surface area contributed by atoms with Crippen molar-refractivity contribution in [2.75, 3.05) is 69.6 Å². The van der Waals surface area contributed by atoms with Crippen molar-refractivity contribution in [3.05, 3.63) is 60.6 Å². The number of carbonyl (C=O) groups is 1. The van der Waals surface area contributed by atoms with Crippen LogP contribution < -0.4 is 20.3 Å². The molecule has 1 aliphatic rings. The van der Waals surface area contributed by atoms with Crippen molar-refractivity contribution in [2.45, 2.75) is 0 Å². The first kappa shape index (κ1) is 27.0. The van der Waals surface area contributed by atoms with Crippen molar-refractivity contribution in [2.24, 2.45) is 0 Å². The summed E-state index contributed by atoms with van der Waals surface area (Å²) in [7, 11) is 5.46. The molecule has 3 heterocycles. The molecule has 3 N–H and O–H groups in total. The van der Waals surface area contributed by atoms with E-state index in [1.807, 2.05) is 37.2 Å². The Labute approximate surface area is 231 Å². The Kier molecular flexibility index (Phi) is 8.18. The van der Waals surface area contributed by atoms with Crippen LogP contribution in [-0.2, 0) is 9.53 Å². The topological polar surface area (TPSA) is 121 Å². The summed E-state index contributed by atoms with van der Waals surface area (Å²) in [5.41, 5.74) is 3.07. The highest BCUT2D eigenvalue weighted by molar-refractivity contribution is 6.00. The van der Waals surface area contributed by atoms with Gasteiger partial charge in [-0.1, -0.05) is 6.08 Å². The minimum Gasteiger partial charge on any atom is -0.495 e. The number of aromatic nitrogens is 4. The fourth-order valence-corrected chi connectivity index (χ4v) is 4.38. The van der Waals surface area contributed by atoms with E-state index in [1.165, 1.54) is 18.2 Å². The van der Waals surface area contributed by atoms with E-state index < -0.39 is 5.82 Å². The molecule has 0 aliphatic carbocycles. The number of morpholine rings is 1. The molecule has 0 spiro atoms. The zero-order valence-corrected chi connectivity index (χ0v) is 22.6. The molecule has 0 saturated carbocycles. The van der Waals surface area contributed by atoms with Gasteiger partial charge in [0.15, 0.2) is 5.65 Å². The third-order valence-electron chi connectivity index (χ3n) is 6.33. The molecule has 5 rings (SSSR count). The maximum atomic E-state index is 15.1. The van der Waals surface area contributed by atoms with E-state index >= 15 is 4.39 Å². The molecule has 0 radical (unpaired) electrons. The van der Waals surface area contributed by atoms with E-state index in [-0.39, 0.29) is 17.4 Å². The predicted octanol–water partition coefficient (Wildman–Crippen LogP) is 3.80. The van der Waals surface area contributed by atoms with Gasteiger partial charge in [0.25, 0.3) is 0 Å². The third-order valence-corrected chi connectivity index (χ3v) is 6.33. The highest BCUT2D eigenvalue weighted by atomic mass is 19.1. The largest absolute Gasteiger partial charge is 0.495 e. The van der Waals surface area contributed by atoms with Crippen LogP contribution in [-0.4, -0.2) is 85.0 Å². The summed E-state index contributed by atoms with van der Waals surface area (Å²) >= 11 is 0. The lowest BCUT2D eigenvalue weighted by molar-refractivity contribution is -0.111. The van der Waals surface area contributed by atoms with Crippen LogP contribution in [0.2, 0.25) is 0 Å². The lowest BCUT2D eigenvalue weighted by Crippen LogP contribution is -2.36. The fraction of sp³-hybridized carbons (Fsp3) is 0.286. The first-order chi connectivity index (χ1) is 19.4. The Morgan fingerprint density at radius 3 is 2.75 bits per heavy atom. The number of likely N-dealkylation sites (N-methyl/N-ethyl adjacent to an activating group) is 1. The monoisotopic (exact) mass is 546 g/mol. The number of fused-ring (bicyclic) bond motifs is 1. The molecule has 4 aromatic rings. The molecule has 2 aromatic carbocycles. The zero-order chi connectivity index (χ0) is 28.1. The van der Waals surface area contributed by atoms with Crippen LogP contribution in [0.3, 0.4) is 0 Å². The Bertz CT molecular complexity index is 1530. The minimum atomic E-state index is -0.493. The van der Waals surface area contributed by atoms with Gasteiger partial charge in [-0.05, 0) is 50.5 Å². The molecule has 0 bridgehead atoms. The average Bonchev–Trinajstić information content (AvgIpc) is 3.43. The van der Waals surface area contributed by atoms with Crippen molar-refractivity contribution in [3.63, 3.8) is 0 Å². The van der Waals surface area contributed by atoms with E-state index in [0.717, 1.165) is 30.2 Å². The molecule has 2 aromatic heterocycles. The molecule has 12 heteroatoms. The van der Waals surface area contributed by atoms with E-state index in [9.17, 15) is 4.79 Å². The molecule has 208 valence electrons. The number of carbonyl (C=O) groups excluding carboxylic acids is 1. The van der Waals surface area contributed by atoms with E-state index in [1.54, 1.807) is 25.4 Å². The minimum absolute atomic E-state index is 0.204. The van der Waals surface area contributed by atoms with Crippen LogP contribution in [0.1, 0.15) is 0 Å². The van der Waals surface area contributed by atoms with E-state index in [2.05, 4.69) is 35.7 Å². The highest BCUT2D eigenvalue weighted by Gasteiger charge is 2.19. The molecule has 1 aliphatic heterocycles. The van der Waals surface area contributed by atoms with Gasteiger partial charge in [-0.25, -0.2) is 9.37 Å². The Balaban J connectivity index is 1.45. The summed E-state index contributed by atoms with van der Waals surface area (Å²) in [6.45, 7) is 3.40. The van der Waals surface area contributed by atoms with Gasteiger partial charge in [-0.3, -0.25) is 9.89 Å². The number of rotatable bonds is 9. The van der Waals surface area contributed by atoms with Crippen molar-refractivity contribution >= 4 is 40.0 Å². The second-order valence-electron chi connectivity index (χ2n) is 9.49. The standard InChI is InChI=1S/C28H31FN8O3/c1-36(2)10-4-5-25(38)31-18-6-8-22(29)20(15-18)26-21-17-30-35-27(21)34-28(33-26)32-19-7-9-24(39-3)23(16-19)37-11-13-40-14-12-37/h4-9,15-17H,10-14H2,1-3H3,(H,31,38)(H2,30,32,33,34,35)/b5-4+. The molecule has 0 unspecified atom stereocenters. The number of methoxy groups -OCH3 is 1. The lowest BCUT2D eigenvalue weighted by atomic mass is 10.1. The number of aromatic amines is 1. The number of hydrogen-bond acceptors (Lipinski definition) is 9. The average molecular weight is 547 g/mol. The normalized spacial score (nSPS) is 13.8. The first-order valence-electron chi connectivity index (χ1n) is 12.8. The van der Waals surface area contributed by atoms with Gasteiger partial charge in [0.1, 0.15) is 11.6 Å². The van der Waals surface area contributed by atoms with Crippen LogP contribution in [0.5, 0.6) is 5.75 Å². The summed E-state index contributed by atoms with van der Waals surface area (Å²) in [5.74, 6) is 0.196. The van der Waals surface area contributed by atoms with Crippen molar-refractivity contribution in [3.8, 4) is 17.0 Å². The van der Waals surface area contributed by atoms with Gasteiger partial charge in [0.2, 0.25) is 11.9 Å². The van der Waals surface area contributed by atoms with Crippen molar-refractivity contribution in [1.29, 1.82) is 0 Å². The Morgan fingerprint density at radius 2 is 1.98 bits per heavy atom. The number of H-pyrrole nitrogens is 1. The Hall–Kier alpha value is -4.55. The lowest BCUT2D eigenvalue weighted by Gasteiger charge is -2.30. The predicted molar refractivity (Wildman–Crippen MR) is 153 cm³/mol. The third kappa shape index (κ3) is 6.19. The highest BCUT2D eigenvalue weighted by Crippen LogP contribution is 2.34. The molecule has 1 fully saturated rings. The summed E-state index contributed by atoms with van der Waals surface area (Å²) in [4.78, 5) is 25.7. The maximum absolute atomic E-state index is 15.1. The molecule has 11 nitrogen and oxygen atoms in total. The second kappa shape index (κ2) is 12.1. The van der Waals surface area contributed by atoms with Gasteiger partial charge in [0, 0.05) is 42.6 Å². The van der Waals surface area contributed by atoms with Gasteiger partial charge in [0.05, 0.1) is 43.3 Å². The Morgan fingerprint density at radius 1 is 1.18 bits per heavy atom. The van der Waals surface area contributed by atoms with Gasteiger partial charge in [-0.2, -0.15) is 10.1 Å². The maximum Gasteiger partial charge on any atom is 0.248 e.